The lowest BCUT2D eigenvalue weighted by molar-refractivity contribution is -0.139. The number of piperazine rings is 1. The van der Waals surface area contributed by atoms with Crippen LogP contribution in [0.3, 0.4) is 0 Å². The maximum absolute atomic E-state index is 13.9. The second-order valence-corrected chi connectivity index (χ2v) is 11.0. The highest BCUT2D eigenvalue weighted by Gasteiger charge is 2.43. The molecule has 0 radical (unpaired) electrons. The van der Waals surface area contributed by atoms with E-state index in [0.29, 0.717) is 43.9 Å². The van der Waals surface area contributed by atoms with Gasteiger partial charge in [0.05, 0.1) is 17.4 Å². The van der Waals surface area contributed by atoms with Gasteiger partial charge in [-0.2, -0.15) is 13.2 Å². The van der Waals surface area contributed by atoms with Crippen LogP contribution in [0, 0.1) is 0 Å². The number of nitrogens with one attached hydrogen (secondary N) is 1. The fourth-order valence-corrected chi connectivity index (χ4v) is 5.38. The molecule has 1 aromatic heterocycles. The Balaban J connectivity index is 1.55. The Bertz CT molecular complexity index is 1110. The van der Waals surface area contributed by atoms with Gasteiger partial charge in [0.2, 0.25) is 5.91 Å². The van der Waals surface area contributed by atoms with Crippen LogP contribution in [0.4, 0.5) is 19.0 Å². The molecular formula is C26H34F3N5O2. The summed E-state index contributed by atoms with van der Waals surface area (Å²) >= 11 is 0. The SMILES string of the molecule is C[C@@H]1C[C@@H](O)c2ncnc(N3CCN(C(=O)[C@@](C)(NC(C)(C)C)c4ccc(C(F)(F)F)cc4)CC3)c21. The zero-order valence-corrected chi connectivity index (χ0v) is 21.4. The smallest absolute Gasteiger partial charge is 0.387 e. The van der Waals surface area contributed by atoms with E-state index < -0.39 is 28.9 Å². The summed E-state index contributed by atoms with van der Waals surface area (Å²) in [4.78, 5) is 26.5. The third-order valence-electron chi connectivity index (χ3n) is 6.99. The van der Waals surface area contributed by atoms with E-state index >= 15 is 0 Å². The van der Waals surface area contributed by atoms with Crippen LogP contribution in [0.2, 0.25) is 0 Å². The van der Waals surface area contributed by atoms with Gasteiger partial charge >= 0.3 is 6.18 Å². The first-order valence-electron chi connectivity index (χ1n) is 12.2. The normalized spacial score (nSPS) is 22.4. The van der Waals surface area contributed by atoms with Crippen molar-refractivity contribution in [2.75, 3.05) is 31.1 Å². The molecule has 0 spiro atoms. The second kappa shape index (κ2) is 9.30. The average Bonchev–Trinajstić information content (AvgIpc) is 3.10. The van der Waals surface area contributed by atoms with E-state index in [2.05, 4.69) is 27.1 Å². The molecule has 2 heterocycles. The van der Waals surface area contributed by atoms with Crippen molar-refractivity contribution in [3.05, 3.63) is 53.0 Å². The molecule has 1 aliphatic carbocycles. The minimum Gasteiger partial charge on any atom is -0.387 e. The molecule has 2 aliphatic rings. The van der Waals surface area contributed by atoms with Gasteiger partial charge in [-0.05, 0) is 57.7 Å². The van der Waals surface area contributed by atoms with Gasteiger partial charge in [-0.3, -0.25) is 10.1 Å². The number of hydrogen-bond donors (Lipinski definition) is 2. The van der Waals surface area contributed by atoms with Gasteiger partial charge in [0, 0.05) is 37.3 Å². The zero-order chi connectivity index (χ0) is 26.5. The molecule has 0 unspecified atom stereocenters. The summed E-state index contributed by atoms with van der Waals surface area (Å²) in [5.41, 5.74) is -0.298. The standard InChI is InChI=1S/C26H34F3N5O2/c1-16-14-19(35)21-20(16)22(31-15-30-21)33-10-12-34(13-11-33)23(36)25(5,32-24(2,3)4)17-6-8-18(9-7-17)26(27,28)29/h6-9,15-16,19,32,35H,10-14H2,1-5H3/t16-,19-,25+/m1/s1. The van der Waals surface area contributed by atoms with Crippen molar-refractivity contribution in [1.29, 1.82) is 0 Å². The number of carbonyl (C=O) groups is 1. The molecule has 1 aromatic carbocycles. The van der Waals surface area contributed by atoms with Crippen molar-refractivity contribution in [3.8, 4) is 0 Å². The molecule has 10 heteroatoms. The van der Waals surface area contributed by atoms with Crippen LogP contribution in [0.5, 0.6) is 0 Å². The number of halogens is 3. The van der Waals surface area contributed by atoms with Crippen molar-refractivity contribution in [2.24, 2.45) is 0 Å². The first-order valence-corrected chi connectivity index (χ1v) is 12.2. The van der Waals surface area contributed by atoms with E-state index in [1.54, 1.807) is 11.8 Å². The molecule has 1 aliphatic heterocycles. The van der Waals surface area contributed by atoms with Crippen LogP contribution in [-0.4, -0.2) is 57.6 Å². The third kappa shape index (κ3) is 5.06. The third-order valence-corrected chi connectivity index (χ3v) is 6.99. The molecule has 1 saturated heterocycles. The lowest BCUT2D eigenvalue weighted by atomic mass is 9.86. The fourth-order valence-electron chi connectivity index (χ4n) is 5.38. The summed E-state index contributed by atoms with van der Waals surface area (Å²) in [7, 11) is 0. The predicted octanol–water partition coefficient (Wildman–Crippen LogP) is 3.99. The molecule has 7 nitrogen and oxygen atoms in total. The Morgan fingerprint density at radius 2 is 1.58 bits per heavy atom. The summed E-state index contributed by atoms with van der Waals surface area (Å²) < 4.78 is 39.4. The number of aliphatic hydroxyl groups is 1. The van der Waals surface area contributed by atoms with E-state index in [1.165, 1.54) is 18.5 Å². The van der Waals surface area contributed by atoms with Crippen LogP contribution in [0.1, 0.15) is 75.4 Å². The quantitative estimate of drug-likeness (QED) is 0.654. The number of nitrogens with zero attached hydrogens (tertiary/aromatic N) is 4. The molecule has 2 N–H and O–H groups in total. The van der Waals surface area contributed by atoms with Crippen LogP contribution in [-0.2, 0) is 16.5 Å². The number of aliphatic hydroxyl groups excluding tert-OH is 1. The van der Waals surface area contributed by atoms with Crippen molar-refractivity contribution >= 4 is 11.7 Å². The number of amides is 1. The molecule has 0 saturated carbocycles. The highest BCUT2D eigenvalue weighted by molar-refractivity contribution is 5.88. The Hall–Kier alpha value is -2.72. The van der Waals surface area contributed by atoms with Gasteiger partial charge in [0.15, 0.2) is 0 Å². The van der Waals surface area contributed by atoms with Gasteiger partial charge in [-0.1, -0.05) is 19.1 Å². The van der Waals surface area contributed by atoms with Gasteiger partial charge in [0.1, 0.15) is 17.7 Å². The number of hydrogen-bond acceptors (Lipinski definition) is 6. The molecule has 3 atom stereocenters. The zero-order valence-electron chi connectivity index (χ0n) is 21.4. The number of carbonyl (C=O) groups excluding carboxylic acids is 1. The number of rotatable bonds is 4. The first-order chi connectivity index (χ1) is 16.7. The maximum Gasteiger partial charge on any atom is 0.416 e. The van der Waals surface area contributed by atoms with Gasteiger partial charge < -0.3 is 14.9 Å². The average molecular weight is 506 g/mol. The monoisotopic (exact) mass is 505 g/mol. The molecule has 1 fully saturated rings. The number of aromatic nitrogens is 2. The largest absolute Gasteiger partial charge is 0.416 e. The van der Waals surface area contributed by atoms with Gasteiger partial charge in [-0.15, -0.1) is 0 Å². The highest BCUT2D eigenvalue weighted by atomic mass is 19.4. The number of alkyl halides is 3. The van der Waals surface area contributed by atoms with Crippen molar-refractivity contribution in [1.82, 2.24) is 20.2 Å². The fraction of sp³-hybridized carbons (Fsp3) is 0.577. The van der Waals surface area contributed by atoms with Crippen LogP contribution in [0.25, 0.3) is 0 Å². The molecular weight excluding hydrogens is 471 g/mol. The predicted molar refractivity (Wildman–Crippen MR) is 131 cm³/mol. The maximum atomic E-state index is 13.9. The Morgan fingerprint density at radius 3 is 2.14 bits per heavy atom. The summed E-state index contributed by atoms with van der Waals surface area (Å²) in [6.45, 7) is 11.5. The molecule has 1 amide bonds. The van der Waals surface area contributed by atoms with E-state index in [1.807, 2.05) is 20.8 Å². The van der Waals surface area contributed by atoms with E-state index in [-0.39, 0.29) is 11.8 Å². The summed E-state index contributed by atoms with van der Waals surface area (Å²) in [5.74, 6) is 0.757. The van der Waals surface area contributed by atoms with E-state index in [4.69, 9.17) is 0 Å². The summed E-state index contributed by atoms with van der Waals surface area (Å²) in [6.07, 6.45) is -2.94. The summed E-state index contributed by atoms with van der Waals surface area (Å²) in [6, 6.07) is 4.81. The van der Waals surface area contributed by atoms with Crippen molar-refractivity contribution in [3.63, 3.8) is 0 Å². The van der Waals surface area contributed by atoms with Gasteiger partial charge in [0.25, 0.3) is 0 Å². The molecule has 4 rings (SSSR count). The number of anilines is 1. The Morgan fingerprint density at radius 1 is 1.00 bits per heavy atom. The van der Waals surface area contributed by atoms with Gasteiger partial charge in [-0.25, -0.2) is 9.97 Å². The minimum absolute atomic E-state index is 0.143. The lowest BCUT2D eigenvalue weighted by Crippen LogP contribution is -2.61. The van der Waals surface area contributed by atoms with E-state index in [0.717, 1.165) is 23.5 Å². The van der Waals surface area contributed by atoms with Crippen molar-refractivity contribution < 1.29 is 23.1 Å². The molecule has 0 bridgehead atoms. The van der Waals surface area contributed by atoms with Crippen molar-refractivity contribution in [2.45, 2.75) is 70.3 Å². The lowest BCUT2D eigenvalue weighted by Gasteiger charge is -2.43. The van der Waals surface area contributed by atoms with Crippen LogP contribution in [0.15, 0.2) is 30.6 Å². The molecule has 36 heavy (non-hydrogen) atoms. The Labute approximate surface area is 209 Å². The van der Waals surface area contributed by atoms with Crippen LogP contribution >= 0.6 is 0 Å². The highest BCUT2D eigenvalue weighted by Crippen LogP contribution is 2.43. The second-order valence-electron chi connectivity index (χ2n) is 11.0. The van der Waals surface area contributed by atoms with E-state index in [9.17, 15) is 23.1 Å². The topological polar surface area (TPSA) is 81.6 Å². The minimum atomic E-state index is -4.44. The summed E-state index contributed by atoms with van der Waals surface area (Å²) in [5, 5.41) is 13.7. The molecule has 196 valence electrons. The first kappa shape index (κ1) is 26.3. The number of benzene rings is 1. The molecule has 2 aromatic rings. The Kier molecular flexibility index (Phi) is 6.81. The van der Waals surface area contributed by atoms with Crippen LogP contribution < -0.4 is 10.2 Å². The number of fused-ring (bicyclic) bond motifs is 1.